The Bertz CT molecular complexity index is 975. The highest BCUT2D eigenvalue weighted by Crippen LogP contribution is 2.35. The van der Waals surface area contributed by atoms with Crippen LogP contribution in [0.15, 0.2) is 60.7 Å². The average molecular weight is 408 g/mol. The first kappa shape index (κ1) is 21.0. The van der Waals surface area contributed by atoms with Gasteiger partial charge in [0, 0.05) is 6.54 Å². The van der Waals surface area contributed by atoms with Gasteiger partial charge in [-0.2, -0.15) is 0 Å². The number of benzene rings is 3. The molecule has 3 aromatic carbocycles. The second-order valence-electron chi connectivity index (χ2n) is 8.50. The molecule has 2 unspecified atom stereocenters. The van der Waals surface area contributed by atoms with Crippen molar-refractivity contribution in [1.29, 1.82) is 0 Å². The van der Waals surface area contributed by atoms with E-state index in [1.54, 1.807) is 12.1 Å². The Morgan fingerprint density at radius 2 is 1.63 bits per heavy atom. The first-order chi connectivity index (χ1) is 14.5. The highest BCUT2D eigenvalue weighted by atomic mass is 19.1. The van der Waals surface area contributed by atoms with Crippen LogP contribution in [0.3, 0.4) is 0 Å². The van der Waals surface area contributed by atoms with Crippen LogP contribution < -0.4 is 0 Å². The van der Waals surface area contributed by atoms with Gasteiger partial charge in [0.05, 0.1) is 12.2 Å². The summed E-state index contributed by atoms with van der Waals surface area (Å²) < 4.78 is 13.0. The van der Waals surface area contributed by atoms with E-state index in [1.807, 2.05) is 6.07 Å². The Morgan fingerprint density at radius 1 is 0.967 bits per heavy atom. The van der Waals surface area contributed by atoms with Crippen LogP contribution in [0.4, 0.5) is 4.39 Å². The molecule has 0 aromatic heterocycles. The minimum Gasteiger partial charge on any atom is -0.388 e. The van der Waals surface area contributed by atoms with Gasteiger partial charge in [0.25, 0.3) is 0 Å². The minimum absolute atomic E-state index is 0.244. The van der Waals surface area contributed by atoms with Gasteiger partial charge >= 0.3 is 0 Å². The zero-order valence-corrected chi connectivity index (χ0v) is 17.5. The summed E-state index contributed by atoms with van der Waals surface area (Å²) in [7, 11) is 0. The van der Waals surface area contributed by atoms with Crippen LogP contribution in [0, 0.1) is 18.7 Å². The number of rotatable bonds is 6. The number of piperidine rings is 1. The molecule has 158 valence electrons. The van der Waals surface area contributed by atoms with Gasteiger partial charge in [-0.25, -0.2) is 4.39 Å². The predicted octanol–water partition coefficient (Wildman–Crippen LogP) is 5.16. The number of nitrogens with zero attached hydrogens (tertiary/aromatic N) is 1. The monoisotopic (exact) mass is 407 g/mol. The lowest BCUT2D eigenvalue weighted by atomic mass is 9.84. The fourth-order valence-corrected chi connectivity index (χ4v) is 4.71. The number of hydrogen-bond donors (Lipinski definition) is 2. The number of aryl methyl sites for hydroxylation is 1. The number of likely N-dealkylation sites (tertiary alicyclic amines) is 1. The normalized spacial score (nSPS) is 17.9. The zero-order chi connectivity index (χ0) is 21.1. The van der Waals surface area contributed by atoms with Crippen molar-refractivity contribution in [3.63, 3.8) is 0 Å². The zero-order valence-electron chi connectivity index (χ0n) is 17.5. The largest absolute Gasteiger partial charge is 0.388 e. The van der Waals surface area contributed by atoms with Crippen LogP contribution in [0.5, 0.6) is 0 Å². The molecule has 0 amide bonds. The SMILES string of the molecule is Cc1cccc2cccc(C(O)C3CCN(CCC(O)c4ccc(F)cc4)CC3)c12. The summed E-state index contributed by atoms with van der Waals surface area (Å²) >= 11 is 0. The molecule has 2 atom stereocenters. The van der Waals surface area contributed by atoms with E-state index in [2.05, 4.69) is 42.2 Å². The van der Waals surface area contributed by atoms with E-state index >= 15 is 0 Å². The van der Waals surface area contributed by atoms with Crippen molar-refractivity contribution in [1.82, 2.24) is 4.90 Å². The fraction of sp³-hybridized carbons (Fsp3) is 0.385. The summed E-state index contributed by atoms with van der Waals surface area (Å²) in [6.45, 7) is 4.74. The highest BCUT2D eigenvalue weighted by Gasteiger charge is 2.27. The van der Waals surface area contributed by atoms with E-state index in [-0.39, 0.29) is 11.7 Å². The van der Waals surface area contributed by atoms with Gasteiger partial charge in [-0.3, -0.25) is 0 Å². The summed E-state index contributed by atoms with van der Waals surface area (Å²) in [5.41, 5.74) is 3.00. The molecule has 2 N–H and O–H groups in total. The summed E-state index contributed by atoms with van der Waals surface area (Å²) in [5, 5.41) is 23.9. The fourth-order valence-electron chi connectivity index (χ4n) is 4.71. The predicted molar refractivity (Wildman–Crippen MR) is 119 cm³/mol. The van der Waals surface area contributed by atoms with Gasteiger partial charge in [0.2, 0.25) is 0 Å². The van der Waals surface area contributed by atoms with Crippen LogP contribution in [0.1, 0.15) is 48.2 Å². The number of halogens is 1. The lowest BCUT2D eigenvalue weighted by Gasteiger charge is -2.35. The third-order valence-corrected chi connectivity index (χ3v) is 6.52. The lowest BCUT2D eigenvalue weighted by Crippen LogP contribution is -2.36. The third-order valence-electron chi connectivity index (χ3n) is 6.52. The molecule has 3 nitrogen and oxygen atoms in total. The molecule has 3 aromatic rings. The number of aliphatic hydroxyl groups is 2. The topological polar surface area (TPSA) is 43.7 Å². The Morgan fingerprint density at radius 3 is 2.33 bits per heavy atom. The number of hydrogen-bond acceptors (Lipinski definition) is 3. The van der Waals surface area contributed by atoms with Crippen LogP contribution in [0.2, 0.25) is 0 Å². The van der Waals surface area contributed by atoms with Gasteiger partial charge < -0.3 is 15.1 Å². The summed E-state index contributed by atoms with van der Waals surface area (Å²) in [5.74, 6) is -0.0403. The molecule has 4 rings (SSSR count). The van der Waals surface area contributed by atoms with Crippen molar-refractivity contribution in [3.8, 4) is 0 Å². The molecule has 1 heterocycles. The van der Waals surface area contributed by atoms with Crippen LogP contribution >= 0.6 is 0 Å². The second-order valence-corrected chi connectivity index (χ2v) is 8.50. The molecule has 0 aliphatic carbocycles. The molecule has 30 heavy (non-hydrogen) atoms. The minimum atomic E-state index is -0.576. The maximum absolute atomic E-state index is 13.0. The molecule has 1 fully saturated rings. The number of fused-ring (bicyclic) bond motifs is 1. The highest BCUT2D eigenvalue weighted by molar-refractivity contribution is 5.89. The molecule has 1 aliphatic rings. The van der Waals surface area contributed by atoms with E-state index in [0.29, 0.717) is 6.42 Å². The quantitative estimate of drug-likeness (QED) is 0.593. The van der Waals surface area contributed by atoms with Crippen molar-refractivity contribution >= 4 is 10.8 Å². The summed E-state index contributed by atoms with van der Waals surface area (Å²) in [6.07, 6.45) is 1.47. The van der Waals surface area contributed by atoms with Crippen LogP contribution in [-0.2, 0) is 0 Å². The van der Waals surface area contributed by atoms with E-state index in [1.165, 1.54) is 28.5 Å². The molecule has 1 saturated heterocycles. The van der Waals surface area contributed by atoms with Crippen molar-refractivity contribution in [2.24, 2.45) is 5.92 Å². The molecular formula is C26H30FNO2. The van der Waals surface area contributed by atoms with Crippen molar-refractivity contribution in [2.45, 2.75) is 38.4 Å². The third kappa shape index (κ3) is 4.56. The molecular weight excluding hydrogens is 377 g/mol. The van der Waals surface area contributed by atoms with Gasteiger partial charge in [0.15, 0.2) is 0 Å². The second kappa shape index (κ2) is 9.25. The Labute approximate surface area is 177 Å². The first-order valence-electron chi connectivity index (χ1n) is 10.8. The van der Waals surface area contributed by atoms with Crippen molar-refractivity contribution < 1.29 is 14.6 Å². The molecule has 0 bridgehead atoms. The van der Waals surface area contributed by atoms with Crippen LogP contribution in [0.25, 0.3) is 10.8 Å². The molecule has 4 heteroatoms. The lowest BCUT2D eigenvalue weighted by molar-refractivity contribution is 0.0537. The van der Waals surface area contributed by atoms with E-state index in [0.717, 1.165) is 43.6 Å². The average Bonchev–Trinajstić information content (AvgIpc) is 2.77. The molecule has 0 saturated carbocycles. The molecule has 0 radical (unpaired) electrons. The summed E-state index contributed by atoms with van der Waals surface area (Å²) in [6, 6.07) is 18.5. The molecule has 1 aliphatic heterocycles. The first-order valence-corrected chi connectivity index (χ1v) is 10.8. The smallest absolute Gasteiger partial charge is 0.123 e. The van der Waals surface area contributed by atoms with Crippen molar-refractivity contribution in [2.75, 3.05) is 19.6 Å². The summed E-state index contributed by atoms with van der Waals surface area (Å²) in [4.78, 5) is 2.35. The van der Waals surface area contributed by atoms with Gasteiger partial charge in [-0.15, -0.1) is 0 Å². The Balaban J connectivity index is 1.34. The Hall–Kier alpha value is -2.27. The van der Waals surface area contributed by atoms with Crippen LogP contribution in [-0.4, -0.2) is 34.7 Å². The number of aliphatic hydroxyl groups excluding tert-OH is 2. The Kier molecular flexibility index (Phi) is 6.47. The van der Waals surface area contributed by atoms with E-state index < -0.39 is 12.2 Å². The van der Waals surface area contributed by atoms with Gasteiger partial charge in [-0.05, 0) is 84.8 Å². The van der Waals surface area contributed by atoms with Gasteiger partial charge in [-0.1, -0.05) is 48.5 Å². The molecule has 0 spiro atoms. The maximum atomic E-state index is 13.0. The standard InChI is InChI=1S/C26H30FNO2/c1-18-4-2-5-20-6-3-7-23(25(18)20)26(30)21-12-15-28(16-13-21)17-14-24(29)19-8-10-22(27)11-9-19/h2-11,21,24,26,29-30H,12-17H2,1H3. The van der Waals surface area contributed by atoms with E-state index in [4.69, 9.17) is 0 Å². The maximum Gasteiger partial charge on any atom is 0.123 e. The van der Waals surface area contributed by atoms with Gasteiger partial charge in [0.1, 0.15) is 5.82 Å². The van der Waals surface area contributed by atoms with Crippen molar-refractivity contribution in [3.05, 3.63) is 83.2 Å². The van der Waals surface area contributed by atoms with E-state index in [9.17, 15) is 14.6 Å².